The van der Waals surface area contributed by atoms with E-state index in [2.05, 4.69) is 80.4 Å². The van der Waals surface area contributed by atoms with Gasteiger partial charge < -0.3 is 10.8 Å². The maximum atomic E-state index is 10.7. The Hall–Kier alpha value is -3.92. The molecule has 5 aromatic rings. The summed E-state index contributed by atoms with van der Waals surface area (Å²) < 4.78 is 0. The lowest BCUT2D eigenvalue weighted by molar-refractivity contribution is 0.454. The minimum absolute atomic E-state index is 0.173. The Balaban J connectivity index is 0.000000299. The van der Waals surface area contributed by atoms with Gasteiger partial charge in [-0.1, -0.05) is 120 Å². The Morgan fingerprint density at radius 2 is 1.00 bits per heavy atom. The number of para-hydroxylation sites is 2. The molecule has 0 fully saturated rings. The molecule has 0 atom stereocenters. The third kappa shape index (κ3) is 5.49. The van der Waals surface area contributed by atoms with Crippen molar-refractivity contribution in [3.05, 3.63) is 119 Å². The van der Waals surface area contributed by atoms with Crippen molar-refractivity contribution in [1.29, 1.82) is 0 Å². The zero-order valence-electron chi connectivity index (χ0n) is 22.3. The van der Waals surface area contributed by atoms with Crippen LogP contribution in [0, 0.1) is 0 Å². The summed E-state index contributed by atoms with van der Waals surface area (Å²) in [5.74, 6) is 0.173. The molecule has 4 heteroatoms. The fourth-order valence-corrected chi connectivity index (χ4v) is 4.30. The van der Waals surface area contributed by atoms with Gasteiger partial charge in [0.05, 0.1) is 16.7 Å². The van der Waals surface area contributed by atoms with Gasteiger partial charge in [0, 0.05) is 16.4 Å². The fourth-order valence-electron chi connectivity index (χ4n) is 4.30. The van der Waals surface area contributed by atoms with Gasteiger partial charge in [-0.2, -0.15) is 0 Å². The molecule has 4 aromatic carbocycles. The average Bonchev–Trinajstić information content (AvgIpc) is 2.89. The fraction of sp³-hybridized carbons (Fsp3) is 0.250. The number of nitrogens with one attached hydrogen (secondary N) is 2. The number of hydrogen-bond acceptors (Lipinski definition) is 2. The van der Waals surface area contributed by atoms with Gasteiger partial charge in [0.25, 0.3) is 0 Å². The molecular formula is C32H39N3O. The number of phenols is 1. The largest absolute Gasteiger partial charge is 0.505 e. The van der Waals surface area contributed by atoms with Gasteiger partial charge >= 0.3 is 0 Å². The van der Waals surface area contributed by atoms with E-state index in [1.165, 1.54) is 16.6 Å². The Morgan fingerprint density at radius 3 is 1.42 bits per heavy atom. The molecule has 0 aliphatic carbocycles. The van der Waals surface area contributed by atoms with Crippen LogP contribution < -0.4 is 5.73 Å². The quantitative estimate of drug-likeness (QED) is 0.154. The second kappa shape index (κ2) is 11.2. The number of phenolic OH excluding ortho intramolecular Hbond substituents is 1. The number of fused-ring (bicyclic) bond motifs is 1. The van der Waals surface area contributed by atoms with Crippen LogP contribution in [0.4, 0.5) is 5.69 Å². The Kier molecular flexibility index (Phi) is 8.31. The number of aromatic hydroxyl groups is 1. The molecule has 0 amide bonds. The monoisotopic (exact) mass is 481 g/mol. The van der Waals surface area contributed by atoms with Gasteiger partial charge in [-0.05, 0) is 34.9 Å². The van der Waals surface area contributed by atoms with Crippen molar-refractivity contribution in [3.63, 3.8) is 0 Å². The van der Waals surface area contributed by atoms with Crippen LogP contribution in [-0.4, -0.2) is 15.3 Å². The lowest BCUT2D eigenvalue weighted by Crippen LogP contribution is -2.23. The molecule has 0 unspecified atom stereocenters. The normalized spacial score (nSPS) is 11.3. The first kappa shape index (κ1) is 26.7. The molecule has 36 heavy (non-hydrogen) atoms. The number of hydrogen-bond donors (Lipinski definition) is 4. The molecule has 0 spiro atoms. The number of anilines is 1. The van der Waals surface area contributed by atoms with Crippen LogP contribution in [0.3, 0.4) is 0 Å². The van der Waals surface area contributed by atoms with E-state index in [0.29, 0.717) is 5.69 Å². The highest BCUT2D eigenvalue weighted by Crippen LogP contribution is 2.43. The lowest BCUT2D eigenvalue weighted by Gasteiger charge is -2.32. The number of H-pyrrole nitrogens is 2. The van der Waals surface area contributed by atoms with Gasteiger partial charge in [0.2, 0.25) is 0 Å². The first-order valence-electron chi connectivity index (χ1n) is 12.6. The molecule has 1 heterocycles. The summed E-state index contributed by atoms with van der Waals surface area (Å²) in [6.45, 7) is 12.6. The maximum absolute atomic E-state index is 10.7. The molecule has 0 saturated carbocycles. The van der Waals surface area contributed by atoms with Crippen molar-refractivity contribution in [1.82, 2.24) is 10.2 Å². The highest BCUT2D eigenvalue weighted by molar-refractivity contribution is 5.75. The number of benzene rings is 4. The van der Waals surface area contributed by atoms with E-state index >= 15 is 0 Å². The molecule has 0 bridgehead atoms. The third-order valence-corrected chi connectivity index (χ3v) is 6.78. The Morgan fingerprint density at radius 1 is 0.583 bits per heavy atom. The Labute approximate surface area is 215 Å². The van der Waals surface area contributed by atoms with Crippen LogP contribution in [0.1, 0.15) is 63.8 Å². The topological polar surface area (TPSA) is 77.8 Å². The molecule has 1 aromatic heterocycles. The van der Waals surface area contributed by atoms with Crippen LogP contribution in [0.15, 0.2) is 97.1 Å². The first-order chi connectivity index (χ1) is 17.2. The van der Waals surface area contributed by atoms with Crippen LogP contribution in [-0.2, 0) is 10.8 Å². The number of aromatic nitrogens is 2. The zero-order valence-corrected chi connectivity index (χ0v) is 22.3. The molecule has 188 valence electrons. The van der Waals surface area contributed by atoms with Gasteiger partial charge in [0.1, 0.15) is 5.75 Å². The minimum Gasteiger partial charge on any atom is -0.505 e. The van der Waals surface area contributed by atoms with Gasteiger partial charge in [-0.3, -0.25) is 10.2 Å². The molecule has 0 aliphatic rings. The average molecular weight is 482 g/mol. The van der Waals surface area contributed by atoms with Crippen LogP contribution >= 0.6 is 0 Å². The number of nitrogen functional groups attached to an aromatic ring is 1. The lowest BCUT2D eigenvalue weighted by atomic mass is 9.72. The van der Waals surface area contributed by atoms with Crippen molar-refractivity contribution >= 4 is 16.7 Å². The molecule has 0 aliphatic heterocycles. The molecular weight excluding hydrogens is 442 g/mol. The van der Waals surface area contributed by atoms with Gasteiger partial charge in [-0.25, -0.2) is 0 Å². The second-order valence-corrected chi connectivity index (χ2v) is 9.74. The van der Waals surface area contributed by atoms with E-state index in [1.54, 1.807) is 0 Å². The van der Waals surface area contributed by atoms with E-state index in [4.69, 9.17) is 5.73 Å². The van der Waals surface area contributed by atoms with Crippen molar-refractivity contribution in [2.45, 2.75) is 52.4 Å². The maximum Gasteiger partial charge on any atom is 0.142 e. The van der Waals surface area contributed by atoms with Crippen molar-refractivity contribution in [2.24, 2.45) is 0 Å². The molecule has 0 saturated heterocycles. The van der Waals surface area contributed by atoms with Crippen molar-refractivity contribution in [3.8, 4) is 5.75 Å². The predicted octanol–water partition coefficient (Wildman–Crippen LogP) is 8.15. The number of rotatable bonds is 4. The van der Waals surface area contributed by atoms with E-state index in [1.807, 2.05) is 68.4 Å². The first-order valence-corrected chi connectivity index (χ1v) is 12.6. The second-order valence-electron chi connectivity index (χ2n) is 9.74. The summed E-state index contributed by atoms with van der Waals surface area (Å²) in [4.78, 5) is 0. The third-order valence-electron chi connectivity index (χ3n) is 6.78. The van der Waals surface area contributed by atoms with Crippen LogP contribution in [0.2, 0.25) is 0 Å². The van der Waals surface area contributed by atoms with Crippen molar-refractivity contribution in [2.75, 3.05) is 5.73 Å². The molecule has 0 radical (unpaired) electrons. The molecule has 5 N–H and O–H groups in total. The SMILES string of the molecule is CC.CC(C)(c1ccccc1)c1cc(N)c(O)c(C(C)(C)c2ccccc2)c1.c1ccc2[nH][nH]c2c1. The Bertz CT molecular complexity index is 1330. The minimum atomic E-state index is -0.359. The predicted molar refractivity (Wildman–Crippen MR) is 154 cm³/mol. The van der Waals surface area contributed by atoms with Crippen LogP contribution in [0.25, 0.3) is 11.0 Å². The van der Waals surface area contributed by atoms with E-state index in [0.717, 1.165) is 16.7 Å². The molecule has 4 nitrogen and oxygen atoms in total. The van der Waals surface area contributed by atoms with Gasteiger partial charge in [-0.15, -0.1) is 0 Å². The highest BCUT2D eigenvalue weighted by atomic mass is 16.3. The van der Waals surface area contributed by atoms with E-state index in [-0.39, 0.29) is 16.6 Å². The van der Waals surface area contributed by atoms with E-state index < -0.39 is 0 Å². The number of nitrogens with two attached hydrogens (primary N) is 1. The van der Waals surface area contributed by atoms with E-state index in [9.17, 15) is 5.11 Å². The smallest absolute Gasteiger partial charge is 0.142 e. The summed E-state index contributed by atoms with van der Waals surface area (Å²) in [7, 11) is 0. The summed E-state index contributed by atoms with van der Waals surface area (Å²) >= 11 is 0. The number of aromatic amines is 2. The summed E-state index contributed by atoms with van der Waals surface area (Å²) in [5, 5.41) is 16.6. The van der Waals surface area contributed by atoms with Crippen LogP contribution in [0.5, 0.6) is 5.75 Å². The van der Waals surface area contributed by atoms with Crippen molar-refractivity contribution < 1.29 is 5.11 Å². The summed E-state index contributed by atoms with van der Waals surface area (Å²) in [6, 6.07) is 32.7. The summed E-state index contributed by atoms with van der Waals surface area (Å²) in [5.41, 5.74) is 12.7. The molecule has 5 rings (SSSR count). The zero-order chi connectivity index (χ0) is 26.3. The standard InChI is InChI=1S/C24H27NO.C6H6N2.C2H6/c1-23(2,17-11-7-5-8-12-17)19-15-20(22(26)21(25)16-19)24(3,4)18-13-9-6-10-14-18;1-2-4-6-5(3-1)7-8-6;1-2/h5-16,26H,25H2,1-4H3;1-4,7-8H;1-2H3. The summed E-state index contributed by atoms with van der Waals surface area (Å²) in [6.07, 6.45) is 0. The van der Waals surface area contributed by atoms with Gasteiger partial charge in [0.15, 0.2) is 0 Å². The highest BCUT2D eigenvalue weighted by Gasteiger charge is 2.31.